The lowest BCUT2D eigenvalue weighted by molar-refractivity contribution is -0.122. The van der Waals surface area contributed by atoms with Crippen LogP contribution >= 0.6 is 35.7 Å². The molecule has 1 amide bonds. The lowest BCUT2D eigenvalue weighted by atomic mass is 10.0. The molecule has 1 saturated heterocycles. The molecule has 2 aliphatic heterocycles. The normalized spacial score (nSPS) is 18.6. The molecule has 2 aromatic carbocycles. The summed E-state index contributed by atoms with van der Waals surface area (Å²) in [4.78, 5) is 17.8. The van der Waals surface area contributed by atoms with Crippen LogP contribution in [0.1, 0.15) is 13.3 Å². The fourth-order valence-corrected chi connectivity index (χ4v) is 6.49. The van der Waals surface area contributed by atoms with Gasteiger partial charge in [0.1, 0.15) is 4.32 Å². The number of rotatable bonds is 7. The molecule has 2 aliphatic rings. The Labute approximate surface area is 207 Å². The first-order valence-electron chi connectivity index (χ1n) is 10.3. The van der Waals surface area contributed by atoms with Gasteiger partial charge < -0.3 is 4.90 Å². The topological polar surface area (TPSA) is 77.9 Å². The standard InChI is InChI=1S/C23H22N2O4S4/c1-2-24-22(26)20(32-23(24)30)11-12-21-25(13-6-14-33(27,28)29)18-15-17(9-10-19(18)31-21)16-7-4-3-5-8-16/h3-5,7-12,15H,2,6,13-14H2,1H3,(H,27,28,29). The van der Waals surface area contributed by atoms with Crippen LogP contribution in [0.4, 0.5) is 5.69 Å². The Kier molecular flexibility index (Phi) is 7.30. The van der Waals surface area contributed by atoms with Crippen LogP contribution in [0.15, 0.2) is 75.5 Å². The highest BCUT2D eigenvalue weighted by Gasteiger charge is 2.31. The summed E-state index contributed by atoms with van der Waals surface area (Å²) in [5.41, 5.74) is 3.11. The minimum atomic E-state index is -4.04. The zero-order valence-electron chi connectivity index (χ0n) is 17.8. The van der Waals surface area contributed by atoms with Crippen molar-refractivity contribution < 1.29 is 17.8 Å². The molecule has 0 aromatic heterocycles. The number of hydrogen-bond donors (Lipinski definition) is 1. The molecule has 10 heteroatoms. The lowest BCUT2D eigenvalue weighted by Crippen LogP contribution is -2.27. The number of nitrogens with zero attached hydrogens (tertiary/aromatic N) is 2. The van der Waals surface area contributed by atoms with E-state index in [4.69, 9.17) is 16.8 Å². The highest BCUT2D eigenvalue weighted by Crippen LogP contribution is 2.47. The smallest absolute Gasteiger partial charge is 0.266 e. The van der Waals surface area contributed by atoms with E-state index in [9.17, 15) is 13.2 Å². The van der Waals surface area contributed by atoms with E-state index in [0.29, 0.717) is 22.3 Å². The number of amides is 1. The molecule has 6 nitrogen and oxygen atoms in total. The average Bonchev–Trinajstić information content (AvgIpc) is 3.27. The molecular formula is C23H22N2O4S4. The van der Waals surface area contributed by atoms with Crippen LogP contribution in [0.25, 0.3) is 11.1 Å². The van der Waals surface area contributed by atoms with Gasteiger partial charge in [-0.3, -0.25) is 14.2 Å². The Hall–Kier alpha value is -2.11. The van der Waals surface area contributed by atoms with Crippen molar-refractivity contribution >= 4 is 61.8 Å². The van der Waals surface area contributed by atoms with Gasteiger partial charge in [-0.15, -0.1) is 0 Å². The highest BCUT2D eigenvalue weighted by atomic mass is 32.2. The third kappa shape index (κ3) is 5.52. The van der Waals surface area contributed by atoms with Crippen molar-refractivity contribution in [1.82, 2.24) is 4.90 Å². The summed E-state index contributed by atoms with van der Waals surface area (Å²) in [6.07, 6.45) is 3.92. The number of thioether (sulfide) groups is 2. The lowest BCUT2D eigenvalue weighted by Gasteiger charge is -2.20. The molecule has 4 rings (SSSR count). The van der Waals surface area contributed by atoms with Gasteiger partial charge in [0.25, 0.3) is 16.0 Å². The minimum absolute atomic E-state index is 0.103. The van der Waals surface area contributed by atoms with Crippen LogP contribution < -0.4 is 4.90 Å². The quantitative estimate of drug-likeness (QED) is 0.306. The first kappa shape index (κ1) is 24.0. The van der Waals surface area contributed by atoms with Gasteiger partial charge in [-0.1, -0.05) is 72.1 Å². The second-order valence-electron chi connectivity index (χ2n) is 7.40. The number of benzene rings is 2. The molecule has 172 valence electrons. The van der Waals surface area contributed by atoms with Crippen molar-refractivity contribution in [3.63, 3.8) is 0 Å². The number of carbonyl (C=O) groups excluding carboxylic acids is 1. The molecule has 0 bridgehead atoms. The van der Waals surface area contributed by atoms with E-state index in [2.05, 4.69) is 18.2 Å². The molecule has 0 saturated carbocycles. The molecule has 2 heterocycles. The van der Waals surface area contributed by atoms with Crippen molar-refractivity contribution in [2.45, 2.75) is 18.2 Å². The van der Waals surface area contributed by atoms with E-state index in [0.717, 1.165) is 26.7 Å². The molecule has 1 fully saturated rings. The van der Waals surface area contributed by atoms with E-state index in [-0.39, 0.29) is 18.1 Å². The third-order valence-electron chi connectivity index (χ3n) is 5.19. The van der Waals surface area contributed by atoms with Gasteiger partial charge in [0.05, 0.1) is 21.4 Å². The summed E-state index contributed by atoms with van der Waals surface area (Å²) >= 11 is 8.13. The fourth-order valence-electron chi connectivity index (χ4n) is 3.60. The second kappa shape index (κ2) is 10.0. The molecule has 2 aromatic rings. The maximum atomic E-state index is 12.5. The number of allylic oxidation sites excluding steroid dienone is 2. The SMILES string of the molecule is CCN1C(=O)C(=CC=C2Sc3ccc(-c4ccccc4)cc3N2CCCS(=O)(=O)O)SC1=S. The van der Waals surface area contributed by atoms with Gasteiger partial charge >= 0.3 is 0 Å². The monoisotopic (exact) mass is 518 g/mol. The number of likely N-dealkylation sites (N-methyl/N-ethyl adjacent to an activating group) is 1. The largest absolute Gasteiger partial charge is 0.335 e. The average molecular weight is 519 g/mol. The van der Waals surface area contributed by atoms with Gasteiger partial charge in [0.15, 0.2) is 0 Å². The zero-order valence-corrected chi connectivity index (χ0v) is 21.1. The van der Waals surface area contributed by atoms with Crippen LogP contribution in [0.5, 0.6) is 0 Å². The third-order valence-corrected chi connectivity index (χ3v) is 8.52. The van der Waals surface area contributed by atoms with Crippen molar-refractivity contribution in [3.05, 3.63) is 70.6 Å². The van der Waals surface area contributed by atoms with Crippen LogP contribution in [-0.2, 0) is 14.9 Å². The van der Waals surface area contributed by atoms with Crippen LogP contribution in [0, 0.1) is 0 Å². The molecular weight excluding hydrogens is 497 g/mol. The number of carbonyl (C=O) groups is 1. The zero-order chi connectivity index (χ0) is 23.6. The summed E-state index contributed by atoms with van der Waals surface area (Å²) in [6.45, 7) is 2.83. The minimum Gasteiger partial charge on any atom is -0.335 e. The maximum Gasteiger partial charge on any atom is 0.266 e. The Morgan fingerprint density at radius 1 is 1.03 bits per heavy atom. The van der Waals surface area contributed by atoms with Gasteiger partial charge in [-0.25, -0.2) is 0 Å². The van der Waals surface area contributed by atoms with Crippen LogP contribution in [0.2, 0.25) is 0 Å². The number of fused-ring (bicyclic) bond motifs is 1. The van der Waals surface area contributed by atoms with E-state index in [1.165, 1.54) is 11.8 Å². The molecule has 0 spiro atoms. The van der Waals surface area contributed by atoms with Gasteiger partial charge in [0, 0.05) is 18.0 Å². The Morgan fingerprint density at radius 3 is 2.45 bits per heavy atom. The predicted octanol–water partition coefficient (Wildman–Crippen LogP) is 5.15. The van der Waals surface area contributed by atoms with Crippen LogP contribution in [-0.4, -0.2) is 46.9 Å². The summed E-state index contributed by atoms with van der Waals surface area (Å²) in [6, 6.07) is 16.2. The Morgan fingerprint density at radius 2 is 1.79 bits per heavy atom. The number of thiocarbonyl (C=S) groups is 1. The molecule has 0 radical (unpaired) electrons. The Balaban J connectivity index is 1.66. The fraction of sp³-hybridized carbons (Fsp3) is 0.217. The van der Waals surface area contributed by atoms with Crippen molar-refractivity contribution in [1.29, 1.82) is 0 Å². The van der Waals surface area contributed by atoms with E-state index in [1.807, 2.05) is 48.2 Å². The summed E-state index contributed by atoms with van der Waals surface area (Å²) in [5.74, 6) is -0.418. The summed E-state index contributed by atoms with van der Waals surface area (Å²) in [5, 5.41) is 0.882. The second-order valence-corrected chi connectivity index (χ2v) is 11.7. The summed E-state index contributed by atoms with van der Waals surface area (Å²) in [7, 11) is -4.04. The number of anilines is 1. The van der Waals surface area contributed by atoms with Gasteiger partial charge in [0.2, 0.25) is 0 Å². The van der Waals surface area contributed by atoms with Crippen molar-refractivity contribution in [2.24, 2.45) is 0 Å². The highest BCUT2D eigenvalue weighted by molar-refractivity contribution is 8.26. The van der Waals surface area contributed by atoms with Crippen molar-refractivity contribution in [3.8, 4) is 11.1 Å². The Bertz CT molecular complexity index is 1260. The van der Waals surface area contributed by atoms with E-state index in [1.54, 1.807) is 22.7 Å². The molecule has 0 aliphatic carbocycles. The van der Waals surface area contributed by atoms with E-state index < -0.39 is 10.1 Å². The predicted molar refractivity (Wildman–Crippen MR) is 140 cm³/mol. The molecule has 33 heavy (non-hydrogen) atoms. The first-order chi connectivity index (χ1) is 15.8. The summed E-state index contributed by atoms with van der Waals surface area (Å²) < 4.78 is 32.2. The molecule has 0 unspecified atom stereocenters. The molecule has 1 N–H and O–H groups in total. The number of hydrogen-bond acceptors (Lipinski definition) is 7. The van der Waals surface area contributed by atoms with Crippen LogP contribution in [0.3, 0.4) is 0 Å². The van der Waals surface area contributed by atoms with Gasteiger partial charge in [-0.05, 0) is 48.8 Å². The van der Waals surface area contributed by atoms with Gasteiger partial charge in [-0.2, -0.15) is 8.42 Å². The maximum absolute atomic E-state index is 12.5. The van der Waals surface area contributed by atoms with Crippen molar-refractivity contribution in [2.75, 3.05) is 23.7 Å². The van der Waals surface area contributed by atoms with E-state index >= 15 is 0 Å². The first-order valence-corrected chi connectivity index (χ1v) is 14.0. The molecule has 0 atom stereocenters.